The van der Waals surface area contributed by atoms with E-state index in [0.29, 0.717) is 0 Å². The summed E-state index contributed by atoms with van der Waals surface area (Å²) >= 11 is 3.78. The molecule has 0 aliphatic heterocycles. The third kappa shape index (κ3) is 4.45. The van der Waals surface area contributed by atoms with Crippen molar-refractivity contribution in [2.24, 2.45) is 0 Å². The van der Waals surface area contributed by atoms with Gasteiger partial charge in [0.05, 0.1) is 11.0 Å². The fourth-order valence-electron chi connectivity index (χ4n) is 8.01. The van der Waals surface area contributed by atoms with Gasteiger partial charge in [0.1, 0.15) is 0 Å². The number of benzene rings is 8. The maximum absolute atomic E-state index is 2.47. The fraction of sp³-hybridized carbons (Fsp3) is 0. The van der Waals surface area contributed by atoms with Gasteiger partial charge in [-0.25, -0.2) is 0 Å². The van der Waals surface area contributed by atoms with Crippen molar-refractivity contribution in [3.63, 3.8) is 0 Å². The molecule has 0 N–H and O–H groups in total. The molecule has 51 heavy (non-hydrogen) atoms. The van der Waals surface area contributed by atoms with Crippen LogP contribution in [0.1, 0.15) is 0 Å². The van der Waals surface area contributed by atoms with E-state index in [2.05, 4.69) is 180 Å². The monoisotopic (exact) mass is 683 g/mol. The van der Waals surface area contributed by atoms with Crippen LogP contribution >= 0.6 is 22.7 Å². The molecule has 0 unspecified atom stereocenters. The van der Waals surface area contributed by atoms with E-state index in [1.807, 2.05) is 22.7 Å². The Balaban J connectivity index is 1.16. The third-order valence-electron chi connectivity index (χ3n) is 10.4. The van der Waals surface area contributed by atoms with Crippen LogP contribution in [0.3, 0.4) is 0 Å². The maximum atomic E-state index is 2.47. The molecule has 3 heterocycles. The second-order valence-corrected chi connectivity index (χ2v) is 15.4. The van der Waals surface area contributed by atoms with Gasteiger partial charge in [-0.3, -0.25) is 0 Å². The second kappa shape index (κ2) is 11.3. The lowest BCUT2D eigenvalue weighted by Crippen LogP contribution is -1.94. The average molecular weight is 684 g/mol. The largest absolute Gasteiger partial charge is 0.309 e. The van der Waals surface area contributed by atoms with E-state index >= 15 is 0 Å². The van der Waals surface area contributed by atoms with Gasteiger partial charge in [-0.2, -0.15) is 0 Å². The zero-order valence-corrected chi connectivity index (χ0v) is 29.1. The van der Waals surface area contributed by atoms with Crippen LogP contribution in [-0.2, 0) is 0 Å². The van der Waals surface area contributed by atoms with Gasteiger partial charge in [0, 0.05) is 56.8 Å². The Morgan fingerprint density at radius 3 is 1.31 bits per heavy atom. The van der Waals surface area contributed by atoms with Gasteiger partial charge in [-0.15, -0.1) is 22.7 Å². The Morgan fingerprint density at radius 2 is 0.765 bits per heavy atom. The molecular formula is C48H29NS2. The van der Waals surface area contributed by atoms with E-state index in [0.717, 1.165) is 5.69 Å². The van der Waals surface area contributed by atoms with Crippen LogP contribution in [0, 0.1) is 0 Å². The molecule has 0 aliphatic rings. The normalized spacial score (nSPS) is 11.9. The smallest absolute Gasteiger partial charge is 0.0547 e. The molecule has 8 aromatic carbocycles. The zero-order chi connectivity index (χ0) is 33.5. The molecule has 0 fully saturated rings. The number of aromatic nitrogens is 1. The summed E-state index contributed by atoms with van der Waals surface area (Å²) in [5.74, 6) is 0. The highest BCUT2D eigenvalue weighted by atomic mass is 32.1. The van der Waals surface area contributed by atoms with Gasteiger partial charge in [-0.05, 0) is 69.8 Å². The van der Waals surface area contributed by atoms with Crippen molar-refractivity contribution in [3.8, 4) is 39.1 Å². The van der Waals surface area contributed by atoms with Crippen LogP contribution in [-0.4, -0.2) is 4.57 Å². The first-order valence-corrected chi connectivity index (χ1v) is 19.0. The molecule has 3 heteroatoms. The molecule has 0 spiro atoms. The van der Waals surface area contributed by atoms with Gasteiger partial charge >= 0.3 is 0 Å². The summed E-state index contributed by atoms with van der Waals surface area (Å²) in [5, 5.41) is 7.83. The molecule has 0 saturated carbocycles. The van der Waals surface area contributed by atoms with Gasteiger partial charge in [0.2, 0.25) is 0 Å². The topological polar surface area (TPSA) is 4.93 Å². The highest BCUT2D eigenvalue weighted by molar-refractivity contribution is 7.26. The summed E-state index contributed by atoms with van der Waals surface area (Å²) in [5.41, 5.74) is 11.1. The van der Waals surface area contributed by atoms with E-state index in [-0.39, 0.29) is 0 Å². The second-order valence-electron chi connectivity index (χ2n) is 13.3. The SMILES string of the molecule is c1ccc(-c2ccc(-n3c4cc(-c5cccc6c5sc5ccccc56)ccc4c4ccc(-c5cccc6c5sc5ccccc56)cc43)cc2)cc1. The molecule has 0 saturated heterocycles. The zero-order valence-electron chi connectivity index (χ0n) is 27.5. The number of fused-ring (bicyclic) bond motifs is 9. The van der Waals surface area contributed by atoms with Gasteiger partial charge in [0.25, 0.3) is 0 Å². The molecule has 0 atom stereocenters. The lowest BCUT2D eigenvalue weighted by atomic mass is 10.00. The van der Waals surface area contributed by atoms with E-state index in [1.54, 1.807) is 0 Å². The Morgan fingerprint density at radius 1 is 0.314 bits per heavy atom. The van der Waals surface area contributed by atoms with Crippen LogP contribution in [0.15, 0.2) is 176 Å². The Kier molecular flexibility index (Phi) is 6.36. The molecule has 11 aromatic rings. The fourth-order valence-corrected chi connectivity index (χ4v) is 10.5. The molecule has 0 aliphatic carbocycles. The first kappa shape index (κ1) is 28.8. The maximum Gasteiger partial charge on any atom is 0.0547 e. The van der Waals surface area contributed by atoms with Crippen LogP contribution in [0.25, 0.3) is 101 Å². The number of hydrogen-bond acceptors (Lipinski definition) is 2. The van der Waals surface area contributed by atoms with Crippen molar-refractivity contribution in [1.29, 1.82) is 0 Å². The van der Waals surface area contributed by atoms with Gasteiger partial charge < -0.3 is 4.57 Å². The molecule has 3 aromatic heterocycles. The predicted molar refractivity (Wildman–Crippen MR) is 223 cm³/mol. The molecule has 1 nitrogen and oxygen atoms in total. The first-order valence-electron chi connectivity index (χ1n) is 17.3. The van der Waals surface area contributed by atoms with E-state index < -0.39 is 0 Å². The Bertz CT molecular complexity index is 2950. The molecule has 0 bridgehead atoms. The van der Waals surface area contributed by atoms with Crippen molar-refractivity contribution in [2.75, 3.05) is 0 Å². The third-order valence-corrected chi connectivity index (χ3v) is 12.9. The highest BCUT2D eigenvalue weighted by Crippen LogP contribution is 2.44. The highest BCUT2D eigenvalue weighted by Gasteiger charge is 2.18. The lowest BCUT2D eigenvalue weighted by molar-refractivity contribution is 1.18. The van der Waals surface area contributed by atoms with Crippen LogP contribution in [0.2, 0.25) is 0 Å². The molecule has 11 rings (SSSR count). The summed E-state index contributed by atoms with van der Waals surface area (Å²) in [4.78, 5) is 0. The van der Waals surface area contributed by atoms with Crippen molar-refractivity contribution in [3.05, 3.63) is 176 Å². The molecule has 0 amide bonds. The number of thiophene rings is 2. The Labute approximate surface area is 302 Å². The number of hydrogen-bond donors (Lipinski definition) is 0. The summed E-state index contributed by atoms with van der Waals surface area (Å²) in [6.07, 6.45) is 0. The lowest BCUT2D eigenvalue weighted by Gasteiger charge is -2.12. The summed E-state index contributed by atoms with van der Waals surface area (Å²) in [6.45, 7) is 0. The van der Waals surface area contributed by atoms with E-state index in [1.165, 1.54) is 95.5 Å². The number of nitrogens with zero attached hydrogens (tertiary/aromatic N) is 1. The van der Waals surface area contributed by atoms with Crippen molar-refractivity contribution in [1.82, 2.24) is 4.57 Å². The first-order chi connectivity index (χ1) is 25.3. The minimum atomic E-state index is 1.16. The van der Waals surface area contributed by atoms with Gasteiger partial charge in [-0.1, -0.05) is 140 Å². The van der Waals surface area contributed by atoms with Crippen molar-refractivity contribution >= 4 is 84.8 Å². The summed E-state index contributed by atoms with van der Waals surface area (Å²) in [6, 6.07) is 64.9. The summed E-state index contributed by atoms with van der Waals surface area (Å²) < 4.78 is 7.81. The minimum absolute atomic E-state index is 1.16. The number of rotatable bonds is 4. The summed E-state index contributed by atoms with van der Waals surface area (Å²) in [7, 11) is 0. The van der Waals surface area contributed by atoms with Crippen molar-refractivity contribution < 1.29 is 0 Å². The van der Waals surface area contributed by atoms with Gasteiger partial charge in [0.15, 0.2) is 0 Å². The standard InChI is InChI=1S/C48H29NS2/c1-2-10-30(11-3-1)31-20-24-34(25-21-31)49-43-28-32(35-14-8-16-41-39-12-4-6-18-45(39)50-47(35)41)22-26-37(43)38-27-23-33(29-44(38)49)36-15-9-17-42-40-13-5-7-19-46(40)51-48(36)42/h1-29H. The predicted octanol–water partition coefficient (Wildman–Crippen LogP) is 14.5. The minimum Gasteiger partial charge on any atom is -0.309 e. The van der Waals surface area contributed by atoms with E-state index in [4.69, 9.17) is 0 Å². The van der Waals surface area contributed by atoms with Crippen molar-refractivity contribution in [2.45, 2.75) is 0 Å². The van der Waals surface area contributed by atoms with Crippen LogP contribution in [0.5, 0.6) is 0 Å². The molecular weight excluding hydrogens is 655 g/mol. The molecule has 0 radical (unpaired) electrons. The van der Waals surface area contributed by atoms with Crippen LogP contribution in [0.4, 0.5) is 0 Å². The Hall–Kier alpha value is -6.00. The quantitative estimate of drug-likeness (QED) is 0.174. The van der Waals surface area contributed by atoms with Crippen LogP contribution < -0.4 is 0 Å². The van der Waals surface area contributed by atoms with E-state index in [9.17, 15) is 0 Å². The average Bonchev–Trinajstić information content (AvgIpc) is 3.87. The molecule has 238 valence electrons.